The maximum atomic E-state index is 12.6. The second kappa shape index (κ2) is 8.71. The van der Waals surface area contributed by atoms with Crippen LogP contribution in [0.5, 0.6) is 0 Å². The van der Waals surface area contributed by atoms with Crippen LogP contribution < -0.4 is 5.32 Å². The van der Waals surface area contributed by atoms with Gasteiger partial charge in [0.1, 0.15) is 0 Å². The number of carbonyl (C=O) groups is 1. The SMILES string of the molecule is CC(CC(=O)N1CCC2(CCCCC2)CC1)C1CCCNC1.Cl. The molecule has 3 aliphatic rings. The number of piperidine rings is 2. The summed E-state index contributed by atoms with van der Waals surface area (Å²) >= 11 is 0. The van der Waals surface area contributed by atoms with E-state index in [4.69, 9.17) is 0 Å². The molecule has 1 aliphatic carbocycles. The minimum Gasteiger partial charge on any atom is -0.343 e. The van der Waals surface area contributed by atoms with E-state index in [0.29, 0.717) is 23.2 Å². The molecule has 0 aromatic heterocycles. The van der Waals surface area contributed by atoms with Gasteiger partial charge < -0.3 is 10.2 Å². The number of likely N-dealkylation sites (tertiary alicyclic amines) is 1. The van der Waals surface area contributed by atoms with Crippen LogP contribution in [0.2, 0.25) is 0 Å². The third-order valence-corrected chi connectivity index (χ3v) is 6.73. The molecular weight excluding hydrogens is 308 g/mol. The maximum absolute atomic E-state index is 12.6. The Bertz CT molecular complexity index is 366. The van der Waals surface area contributed by atoms with E-state index < -0.39 is 0 Å². The number of carbonyl (C=O) groups excluding carboxylic acids is 1. The second-order valence-electron chi connectivity index (χ2n) is 8.23. The Morgan fingerprint density at radius 3 is 2.43 bits per heavy atom. The summed E-state index contributed by atoms with van der Waals surface area (Å²) in [6, 6.07) is 0. The van der Waals surface area contributed by atoms with Crippen LogP contribution in [-0.2, 0) is 4.79 Å². The highest BCUT2D eigenvalue weighted by Gasteiger charge is 2.37. The first kappa shape index (κ1) is 19.1. The highest BCUT2D eigenvalue weighted by molar-refractivity contribution is 5.85. The highest BCUT2D eigenvalue weighted by Crippen LogP contribution is 2.44. The van der Waals surface area contributed by atoms with Gasteiger partial charge in [0, 0.05) is 19.5 Å². The van der Waals surface area contributed by atoms with Crippen LogP contribution in [0, 0.1) is 17.3 Å². The average molecular weight is 343 g/mol. The summed E-state index contributed by atoms with van der Waals surface area (Å²) in [5, 5.41) is 3.48. The van der Waals surface area contributed by atoms with E-state index in [2.05, 4.69) is 17.1 Å². The number of amides is 1. The van der Waals surface area contributed by atoms with Crippen molar-refractivity contribution in [3.63, 3.8) is 0 Å². The molecule has 0 aromatic rings. The maximum Gasteiger partial charge on any atom is 0.222 e. The minimum absolute atomic E-state index is 0. The molecule has 1 saturated carbocycles. The zero-order valence-corrected chi connectivity index (χ0v) is 15.6. The van der Waals surface area contributed by atoms with E-state index in [-0.39, 0.29) is 12.4 Å². The van der Waals surface area contributed by atoms with E-state index in [1.807, 2.05) is 0 Å². The largest absolute Gasteiger partial charge is 0.343 e. The minimum atomic E-state index is 0. The number of nitrogens with one attached hydrogen (secondary N) is 1. The lowest BCUT2D eigenvalue weighted by atomic mass is 9.68. The topological polar surface area (TPSA) is 32.3 Å². The predicted octanol–water partition coefficient (Wildman–Crippen LogP) is 4.01. The van der Waals surface area contributed by atoms with Gasteiger partial charge in [-0.25, -0.2) is 0 Å². The van der Waals surface area contributed by atoms with Crippen molar-refractivity contribution in [2.24, 2.45) is 17.3 Å². The molecule has 4 heteroatoms. The van der Waals surface area contributed by atoms with Crippen molar-refractivity contribution in [1.29, 1.82) is 0 Å². The number of hydrogen-bond donors (Lipinski definition) is 1. The Labute approximate surface area is 148 Å². The van der Waals surface area contributed by atoms with Crippen LogP contribution in [0.25, 0.3) is 0 Å². The van der Waals surface area contributed by atoms with Gasteiger partial charge in [-0.2, -0.15) is 0 Å². The Kier molecular flexibility index (Phi) is 7.21. The fraction of sp³-hybridized carbons (Fsp3) is 0.947. The summed E-state index contributed by atoms with van der Waals surface area (Å²) in [6.45, 7) is 6.59. The number of halogens is 1. The monoisotopic (exact) mass is 342 g/mol. The van der Waals surface area contributed by atoms with Gasteiger partial charge in [0.15, 0.2) is 0 Å². The van der Waals surface area contributed by atoms with Gasteiger partial charge in [0.05, 0.1) is 0 Å². The lowest BCUT2D eigenvalue weighted by Crippen LogP contribution is -2.45. The van der Waals surface area contributed by atoms with Crippen molar-refractivity contribution in [3.05, 3.63) is 0 Å². The highest BCUT2D eigenvalue weighted by atomic mass is 35.5. The molecule has 3 fully saturated rings. The third kappa shape index (κ3) is 4.85. The summed E-state index contributed by atoms with van der Waals surface area (Å²) < 4.78 is 0. The fourth-order valence-corrected chi connectivity index (χ4v) is 4.97. The fourth-order valence-electron chi connectivity index (χ4n) is 4.97. The summed E-state index contributed by atoms with van der Waals surface area (Å²) in [4.78, 5) is 14.8. The van der Waals surface area contributed by atoms with Crippen LogP contribution in [0.3, 0.4) is 0 Å². The van der Waals surface area contributed by atoms with Gasteiger partial charge in [-0.3, -0.25) is 4.79 Å². The first-order valence-corrected chi connectivity index (χ1v) is 9.67. The van der Waals surface area contributed by atoms with Crippen molar-refractivity contribution >= 4 is 18.3 Å². The molecule has 3 nitrogen and oxygen atoms in total. The molecule has 2 saturated heterocycles. The third-order valence-electron chi connectivity index (χ3n) is 6.73. The number of nitrogens with zero attached hydrogens (tertiary/aromatic N) is 1. The van der Waals surface area contributed by atoms with Gasteiger partial charge in [0.2, 0.25) is 5.91 Å². The van der Waals surface area contributed by atoms with Crippen LogP contribution in [0.15, 0.2) is 0 Å². The smallest absolute Gasteiger partial charge is 0.222 e. The van der Waals surface area contributed by atoms with E-state index in [1.165, 1.54) is 57.8 Å². The normalized spacial score (nSPS) is 28.9. The Morgan fingerprint density at radius 1 is 1.13 bits per heavy atom. The van der Waals surface area contributed by atoms with Gasteiger partial charge in [-0.15, -0.1) is 12.4 Å². The first-order valence-electron chi connectivity index (χ1n) is 9.67. The molecule has 2 unspecified atom stereocenters. The molecule has 0 aromatic carbocycles. The molecule has 2 heterocycles. The molecule has 0 radical (unpaired) electrons. The molecule has 1 amide bonds. The van der Waals surface area contributed by atoms with Crippen molar-refractivity contribution < 1.29 is 4.79 Å². The lowest BCUT2D eigenvalue weighted by molar-refractivity contribution is -0.135. The van der Waals surface area contributed by atoms with E-state index in [9.17, 15) is 4.79 Å². The van der Waals surface area contributed by atoms with Crippen molar-refractivity contribution in [3.8, 4) is 0 Å². The molecule has 1 spiro atoms. The van der Waals surface area contributed by atoms with E-state index >= 15 is 0 Å². The lowest BCUT2D eigenvalue weighted by Gasteiger charge is -2.44. The van der Waals surface area contributed by atoms with Gasteiger partial charge >= 0.3 is 0 Å². The van der Waals surface area contributed by atoms with Gasteiger partial charge in [0.25, 0.3) is 0 Å². The Balaban J connectivity index is 0.00000192. The summed E-state index contributed by atoms with van der Waals surface area (Å²) in [6.07, 6.45) is 12.9. The molecule has 2 aliphatic heterocycles. The zero-order valence-electron chi connectivity index (χ0n) is 14.8. The Hall–Kier alpha value is -0.280. The van der Waals surface area contributed by atoms with Gasteiger partial charge in [-0.1, -0.05) is 26.2 Å². The molecule has 0 bridgehead atoms. The van der Waals surface area contributed by atoms with Crippen molar-refractivity contribution in [2.45, 2.75) is 71.1 Å². The van der Waals surface area contributed by atoms with Crippen LogP contribution in [0.1, 0.15) is 71.1 Å². The van der Waals surface area contributed by atoms with Crippen LogP contribution >= 0.6 is 12.4 Å². The van der Waals surface area contributed by atoms with Crippen molar-refractivity contribution in [1.82, 2.24) is 10.2 Å². The predicted molar refractivity (Wildman–Crippen MR) is 98.0 cm³/mol. The Morgan fingerprint density at radius 2 is 1.83 bits per heavy atom. The number of hydrogen-bond acceptors (Lipinski definition) is 2. The number of rotatable bonds is 3. The molecule has 2 atom stereocenters. The summed E-state index contributed by atoms with van der Waals surface area (Å²) in [5.74, 6) is 1.65. The zero-order chi connectivity index (χ0) is 15.4. The molecule has 134 valence electrons. The van der Waals surface area contributed by atoms with E-state index in [0.717, 1.165) is 32.6 Å². The summed E-state index contributed by atoms with van der Waals surface area (Å²) in [5.41, 5.74) is 0.605. The van der Waals surface area contributed by atoms with E-state index in [1.54, 1.807) is 0 Å². The standard InChI is InChI=1S/C19H34N2O.ClH/c1-16(17-6-5-11-20-15-17)14-18(22)21-12-9-19(10-13-21)7-3-2-4-8-19;/h16-17,20H,2-15H2,1H3;1H. The molecule has 1 N–H and O–H groups in total. The second-order valence-corrected chi connectivity index (χ2v) is 8.23. The summed E-state index contributed by atoms with van der Waals surface area (Å²) in [7, 11) is 0. The van der Waals surface area contributed by atoms with Crippen LogP contribution in [0.4, 0.5) is 0 Å². The quantitative estimate of drug-likeness (QED) is 0.840. The van der Waals surface area contributed by atoms with Gasteiger partial charge in [-0.05, 0) is 68.9 Å². The first-order chi connectivity index (χ1) is 10.7. The average Bonchev–Trinajstić information content (AvgIpc) is 2.57. The molecule has 3 rings (SSSR count). The van der Waals surface area contributed by atoms with Crippen LogP contribution in [-0.4, -0.2) is 37.0 Å². The molecule has 23 heavy (non-hydrogen) atoms. The van der Waals surface area contributed by atoms with Crippen molar-refractivity contribution in [2.75, 3.05) is 26.2 Å². The molecular formula is C19H35ClN2O.